The van der Waals surface area contributed by atoms with Gasteiger partial charge in [-0.1, -0.05) is 20.8 Å². The predicted molar refractivity (Wildman–Crippen MR) is 77.8 cm³/mol. The van der Waals surface area contributed by atoms with E-state index in [-0.39, 0.29) is 11.1 Å². The van der Waals surface area contributed by atoms with E-state index in [1.54, 1.807) is 11.3 Å². The zero-order valence-corrected chi connectivity index (χ0v) is 13.1. The SMILES string of the molecule is CCOC(CC)(CC)c1nc(C(C)(N)CC)cs1. The summed E-state index contributed by atoms with van der Waals surface area (Å²) in [7, 11) is 0. The average Bonchev–Trinajstić information content (AvgIpc) is 2.87. The van der Waals surface area contributed by atoms with Crippen molar-refractivity contribution < 1.29 is 4.74 Å². The zero-order valence-electron chi connectivity index (χ0n) is 12.2. The van der Waals surface area contributed by atoms with Gasteiger partial charge in [0, 0.05) is 12.0 Å². The summed E-state index contributed by atoms with van der Waals surface area (Å²) in [6.07, 6.45) is 2.77. The molecule has 0 aliphatic heterocycles. The van der Waals surface area contributed by atoms with E-state index < -0.39 is 0 Å². The molecule has 3 nitrogen and oxygen atoms in total. The molecule has 1 unspecified atom stereocenters. The molecule has 0 bridgehead atoms. The smallest absolute Gasteiger partial charge is 0.125 e. The molecule has 4 heteroatoms. The number of ether oxygens (including phenoxy) is 1. The van der Waals surface area contributed by atoms with Crippen LogP contribution in [0.25, 0.3) is 0 Å². The molecule has 0 saturated heterocycles. The van der Waals surface area contributed by atoms with Crippen LogP contribution in [0.2, 0.25) is 0 Å². The predicted octanol–water partition coefficient (Wildman–Crippen LogP) is 3.78. The second-order valence-corrected chi connectivity index (χ2v) is 5.80. The molecule has 0 aliphatic carbocycles. The molecular formula is C14H26N2OS. The fourth-order valence-corrected chi connectivity index (χ4v) is 3.28. The molecule has 1 atom stereocenters. The molecule has 0 aromatic carbocycles. The van der Waals surface area contributed by atoms with Crippen molar-refractivity contribution in [1.29, 1.82) is 0 Å². The number of thiazole rings is 1. The van der Waals surface area contributed by atoms with E-state index >= 15 is 0 Å². The van der Waals surface area contributed by atoms with Gasteiger partial charge in [-0.3, -0.25) is 0 Å². The Labute approximate surface area is 115 Å². The summed E-state index contributed by atoms with van der Waals surface area (Å²) >= 11 is 1.67. The van der Waals surface area contributed by atoms with Gasteiger partial charge in [-0.05, 0) is 33.1 Å². The van der Waals surface area contributed by atoms with Crippen molar-refractivity contribution in [2.45, 2.75) is 65.0 Å². The van der Waals surface area contributed by atoms with Crippen molar-refractivity contribution in [1.82, 2.24) is 4.98 Å². The Morgan fingerprint density at radius 1 is 1.22 bits per heavy atom. The molecule has 104 valence electrons. The monoisotopic (exact) mass is 270 g/mol. The van der Waals surface area contributed by atoms with E-state index in [2.05, 4.69) is 26.2 Å². The summed E-state index contributed by atoms with van der Waals surface area (Å²) in [6.45, 7) is 11.2. The van der Waals surface area contributed by atoms with Gasteiger partial charge in [0.05, 0.1) is 11.2 Å². The lowest BCUT2D eigenvalue weighted by Gasteiger charge is -2.29. The van der Waals surface area contributed by atoms with Crippen LogP contribution < -0.4 is 5.73 Å². The maximum atomic E-state index is 6.25. The molecule has 0 radical (unpaired) electrons. The fraction of sp³-hybridized carbons (Fsp3) is 0.786. The Hall–Kier alpha value is -0.450. The van der Waals surface area contributed by atoms with Crippen LogP contribution in [0.4, 0.5) is 0 Å². The van der Waals surface area contributed by atoms with Gasteiger partial charge in [0.1, 0.15) is 10.6 Å². The average molecular weight is 270 g/mol. The first kappa shape index (κ1) is 15.6. The van der Waals surface area contributed by atoms with Crippen molar-refractivity contribution in [3.8, 4) is 0 Å². The Morgan fingerprint density at radius 2 is 1.83 bits per heavy atom. The highest BCUT2D eigenvalue weighted by atomic mass is 32.1. The van der Waals surface area contributed by atoms with E-state index in [1.807, 2.05) is 13.8 Å². The topological polar surface area (TPSA) is 48.1 Å². The summed E-state index contributed by atoms with van der Waals surface area (Å²) in [6, 6.07) is 0. The van der Waals surface area contributed by atoms with Gasteiger partial charge in [0.25, 0.3) is 0 Å². The van der Waals surface area contributed by atoms with E-state index in [0.29, 0.717) is 6.61 Å². The third-order valence-electron chi connectivity index (χ3n) is 3.78. The van der Waals surface area contributed by atoms with E-state index in [4.69, 9.17) is 15.5 Å². The van der Waals surface area contributed by atoms with Crippen molar-refractivity contribution in [2.75, 3.05) is 6.61 Å². The van der Waals surface area contributed by atoms with Crippen LogP contribution in [0.5, 0.6) is 0 Å². The van der Waals surface area contributed by atoms with Gasteiger partial charge < -0.3 is 10.5 Å². The summed E-state index contributed by atoms with van der Waals surface area (Å²) in [5, 5.41) is 3.15. The van der Waals surface area contributed by atoms with E-state index in [0.717, 1.165) is 30.0 Å². The van der Waals surface area contributed by atoms with Crippen LogP contribution in [0, 0.1) is 0 Å². The van der Waals surface area contributed by atoms with Crippen molar-refractivity contribution in [2.24, 2.45) is 5.73 Å². The first-order valence-corrected chi connectivity index (χ1v) is 7.73. The molecule has 1 heterocycles. The lowest BCUT2D eigenvalue weighted by Crippen LogP contribution is -2.33. The highest BCUT2D eigenvalue weighted by Crippen LogP contribution is 2.36. The van der Waals surface area contributed by atoms with Gasteiger partial charge in [-0.2, -0.15) is 0 Å². The van der Waals surface area contributed by atoms with Gasteiger partial charge in [0.15, 0.2) is 0 Å². The molecule has 1 rings (SSSR count). The Morgan fingerprint density at radius 3 is 2.28 bits per heavy atom. The minimum atomic E-state index is -0.339. The van der Waals surface area contributed by atoms with Crippen molar-refractivity contribution in [3.63, 3.8) is 0 Å². The van der Waals surface area contributed by atoms with Crippen LogP contribution in [0.15, 0.2) is 5.38 Å². The molecule has 2 N–H and O–H groups in total. The van der Waals surface area contributed by atoms with Gasteiger partial charge in [0.2, 0.25) is 0 Å². The van der Waals surface area contributed by atoms with E-state index in [9.17, 15) is 0 Å². The zero-order chi connectivity index (χ0) is 13.8. The highest BCUT2D eigenvalue weighted by Gasteiger charge is 2.34. The quantitative estimate of drug-likeness (QED) is 0.820. The van der Waals surface area contributed by atoms with Crippen LogP contribution in [0.3, 0.4) is 0 Å². The maximum absolute atomic E-state index is 6.25. The Bertz CT molecular complexity index is 370. The van der Waals surface area contributed by atoms with Crippen LogP contribution in [0.1, 0.15) is 64.6 Å². The molecule has 0 amide bonds. The second kappa shape index (κ2) is 6.13. The van der Waals surface area contributed by atoms with Gasteiger partial charge >= 0.3 is 0 Å². The summed E-state index contributed by atoms with van der Waals surface area (Å²) in [5.74, 6) is 0. The maximum Gasteiger partial charge on any atom is 0.125 e. The van der Waals surface area contributed by atoms with Gasteiger partial charge in [-0.15, -0.1) is 11.3 Å². The summed E-state index contributed by atoms with van der Waals surface area (Å²) in [4.78, 5) is 4.75. The minimum Gasteiger partial charge on any atom is -0.368 e. The number of hydrogen-bond acceptors (Lipinski definition) is 4. The Kier molecular flexibility index (Phi) is 5.32. The Balaban J connectivity index is 3.09. The highest BCUT2D eigenvalue weighted by molar-refractivity contribution is 7.09. The minimum absolute atomic E-state index is 0.235. The molecule has 0 saturated carbocycles. The molecule has 0 aliphatic rings. The van der Waals surface area contributed by atoms with Crippen LogP contribution >= 0.6 is 11.3 Å². The lowest BCUT2D eigenvalue weighted by atomic mass is 9.95. The summed E-state index contributed by atoms with van der Waals surface area (Å²) in [5.41, 5.74) is 6.66. The number of rotatable bonds is 7. The molecule has 0 fully saturated rings. The largest absolute Gasteiger partial charge is 0.368 e. The van der Waals surface area contributed by atoms with Crippen molar-refractivity contribution in [3.05, 3.63) is 16.1 Å². The first-order chi connectivity index (χ1) is 8.45. The molecular weight excluding hydrogens is 244 g/mol. The number of hydrogen-bond donors (Lipinski definition) is 1. The third kappa shape index (κ3) is 2.92. The molecule has 1 aromatic heterocycles. The first-order valence-electron chi connectivity index (χ1n) is 6.85. The fourth-order valence-electron chi connectivity index (χ4n) is 2.02. The van der Waals surface area contributed by atoms with Gasteiger partial charge in [-0.25, -0.2) is 4.98 Å². The van der Waals surface area contributed by atoms with E-state index in [1.165, 1.54) is 0 Å². The molecule has 1 aromatic rings. The number of aromatic nitrogens is 1. The number of nitrogens with zero attached hydrogens (tertiary/aromatic N) is 1. The summed E-state index contributed by atoms with van der Waals surface area (Å²) < 4.78 is 5.98. The molecule has 18 heavy (non-hydrogen) atoms. The molecule has 0 spiro atoms. The van der Waals surface area contributed by atoms with Crippen LogP contribution in [-0.2, 0) is 15.9 Å². The third-order valence-corrected chi connectivity index (χ3v) is 4.80. The lowest BCUT2D eigenvalue weighted by molar-refractivity contribution is -0.0508. The normalized spacial score (nSPS) is 15.7. The number of nitrogens with two attached hydrogens (primary N) is 1. The van der Waals surface area contributed by atoms with Crippen LogP contribution in [-0.4, -0.2) is 11.6 Å². The van der Waals surface area contributed by atoms with Crippen molar-refractivity contribution >= 4 is 11.3 Å². The second-order valence-electron chi connectivity index (χ2n) is 4.94. The standard InChI is InChI=1S/C14H26N2OS/c1-6-13(5,15)11-10-18-12(16-11)14(7-2,8-3)17-9-4/h10H,6-9,15H2,1-5H3.